The normalized spacial score (nSPS) is 9.69. The summed E-state index contributed by atoms with van der Waals surface area (Å²) in [5.74, 6) is -0.383. The quantitative estimate of drug-likeness (QED) is 0.875. The number of halogens is 1. The molecule has 0 heterocycles. The Kier molecular flexibility index (Phi) is 4.31. The number of nitrogens with one attached hydrogen (secondary N) is 1. The minimum atomic E-state index is -0.236. The summed E-state index contributed by atoms with van der Waals surface area (Å²) in [6, 6.07) is 6.78. The molecule has 1 N–H and O–H groups in total. The van der Waals surface area contributed by atoms with Crippen LogP contribution in [0.3, 0.4) is 0 Å². The van der Waals surface area contributed by atoms with Crippen LogP contribution in [-0.4, -0.2) is 30.3 Å². The van der Waals surface area contributed by atoms with E-state index < -0.39 is 0 Å². The number of carbonyl (C=O) groups is 2. The predicted octanol–water partition coefficient (Wildman–Crippen LogP) is 1.76. The Bertz CT molecular complexity index is 389. The van der Waals surface area contributed by atoms with Crippen LogP contribution in [0.4, 0.5) is 5.69 Å². The monoisotopic (exact) mass is 240 g/mol. The van der Waals surface area contributed by atoms with E-state index in [4.69, 9.17) is 11.6 Å². The number of carbonyl (C=O) groups excluding carboxylic acids is 2. The fourth-order valence-corrected chi connectivity index (χ4v) is 1.19. The summed E-state index contributed by atoms with van der Waals surface area (Å²) in [4.78, 5) is 23.7. The number of likely N-dealkylation sites (N-methyl/N-ethyl adjacent to an activating group) is 1. The first-order chi connectivity index (χ1) is 7.49. The van der Waals surface area contributed by atoms with Crippen LogP contribution in [0.1, 0.15) is 6.92 Å². The van der Waals surface area contributed by atoms with Crippen molar-refractivity contribution in [2.45, 2.75) is 6.92 Å². The molecule has 0 aromatic heterocycles. The number of nitrogens with zero attached hydrogens (tertiary/aromatic N) is 1. The molecule has 0 atom stereocenters. The van der Waals surface area contributed by atoms with Gasteiger partial charge in [0.1, 0.15) is 0 Å². The van der Waals surface area contributed by atoms with Gasteiger partial charge in [-0.15, -0.1) is 0 Å². The average Bonchev–Trinajstić information content (AvgIpc) is 2.21. The summed E-state index contributed by atoms with van der Waals surface area (Å²) in [6.45, 7) is 1.45. The van der Waals surface area contributed by atoms with Crippen LogP contribution in [-0.2, 0) is 9.59 Å². The van der Waals surface area contributed by atoms with Gasteiger partial charge in [0.15, 0.2) is 0 Å². The van der Waals surface area contributed by atoms with Gasteiger partial charge in [-0.2, -0.15) is 0 Å². The van der Waals surface area contributed by atoms with Crippen molar-refractivity contribution in [3.8, 4) is 0 Å². The van der Waals surface area contributed by atoms with Crippen molar-refractivity contribution >= 4 is 29.1 Å². The number of hydrogen-bond donors (Lipinski definition) is 1. The van der Waals surface area contributed by atoms with Crippen molar-refractivity contribution in [2.75, 3.05) is 18.9 Å². The first-order valence-electron chi connectivity index (χ1n) is 4.76. The van der Waals surface area contributed by atoms with Gasteiger partial charge in [0.25, 0.3) is 0 Å². The number of benzene rings is 1. The second-order valence-corrected chi connectivity index (χ2v) is 3.87. The molecule has 1 aromatic carbocycles. The smallest absolute Gasteiger partial charge is 0.243 e. The van der Waals surface area contributed by atoms with E-state index >= 15 is 0 Å². The maximum atomic E-state index is 11.5. The maximum absolute atomic E-state index is 11.5. The van der Waals surface area contributed by atoms with Gasteiger partial charge < -0.3 is 10.2 Å². The van der Waals surface area contributed by atoms with Gasteiger partial charge in [0.2, 0.25) is 11.8 Å². The van der Waals surface area contributed by atoms with E-state index in [9.17, 15) is 9.59 Å². The van der Waals surface area contributed by atoms with Crippen molar-refractivity contribution in [3.05, 3.63) is 29.3 Å². The molecule has 0 aliphatic heterocycles. The zero-order chi connectivity index (χ0) is 12.1. The Morgan fingerprint density at radius 3 is 2.38 bits per heavy atom. The molecular weight excluding hydrogens is 228 g/mol. The van der Waals surface area contributed by atoms with E-state index in [0.717, 1.165) is 0 Å². The molecule has 0 radical (unpaired) electrons. The fourth-order valence-electron chi connectivity index (χ4n) is 1.06. The van der Waals surface area contributed by atoms with Crippen LogP contribution in [0.2, 0.25) is 5.02 Å². The lowest BCUT2D eigenvalue weighted by atomic mass is 10.3. The van der Waals surface area contributed by atoms with Crippen molar-refractivity contribution < 1.29 is 9.59 Å². The minimum absolute atomic E-state index is 0.0396. The summed E-state index contributed by atoms with van der Waals surface area (Å²) in [7, 11) is 1.57. The second-order valence-electron chi connectivity index (χ2n) is 3.43. The predicted molar refractivity (Wildman–Crippen MR) is 63.4 cm³/mol. The first-order valence-corrected chi connectivity index (χ1v) is 5.14. The van der Waals surface area contributed by atoms with Gasteiger partial charge in [0, 0.05) is 24.7 Å². The van der Waals surface area contributed by atoms with E-state index in [-0.39, 0.29) is 18.4 Å². The Morgan fingerprint density at radius 2 is 1.88 bits per heavy atom. The van der Waals surface area contributed by atoms with Crippen LogP contribution in [0.15, 0.2) is 24.3 Å². The van der Waals surface area contributed by atoms with E-state index in [1.54, 1.807) is 31.3 Å². The van der Waals surface area contributed by atoms with Crippen LogP contribution in [0.25, 0.3) is 0 Å². The fraction of sp³-hybridized carbons (Fsp3) is 0.273. The highest BCUT2D eigenvalue weighted by molar-refractivity contribution is 6.30. The lowest BCUT2D eigenvalue weighted by Gasteiger charge is -2.14. The third kappa shape index (κ3) is 3.90. The Morgan fingerprint density at radius 1 is 1.31 bits per heavy atom. The minimum Gasteiger partial charge on any atom is -0.337 e. The highest BCUT2D eigenvalue weighted by atomic mass is 35.5. The molecule has 0 aliphatic rings. The molecule has 4 nitrogen and oxygen atoms in total. The van der Waals surface area contributed by atoms with Crippen molar-refractivity contribution in [1.82, 2.24) is 4.90 Å². The number of anilines is 1. The SMILES string of the molecule is CC(=O)N(C)CC(=O)Nc1ccc(Cl)cc1. The molecule has 0 aliphatic carbocycles. The van der Waals surface area contributed by atoms with E-state index in [0.29, 0.717) is 10.7 Å². The summed E-state index contributed by atoms with van der Waals surface area (Å²) < 4.78 is 0. The number of amides is 2. The summed E-state index contributed by atoms with van der Waals surface area (Å²) in [5, 5.41) is 3.27. The van der Waals surface area contributed by atoms with Crippen LogP contribution in [0, 0.1) is 0 Å². The molecule has 0 bridgehead atoms. The van der Waals surface area contributed by atoms with Gasteiger partial charge in [-0.1, -0.05) is 11.6 Å². The summed E-state index contributed by atoms with van der Waals surface area (Å²) >= 11 is 5.71. The van der Waals surface area contributed by atoms with E-state index in [1.807, 2.05) is 0 Å². The van der Waals surface area contributed by atoms with Crippen LogP contribution < -0.4 is 5.32 Å². The van der Waals surface area contributed by atoms with E-state index in [1.165, 1.54) is 11.8 Å². The average molecular weight is 241 g/mol. The van der Waals surface area contributed by atoms with Gasteiger partial charge in [0.05, 0.1) is 6.54 Å². The highest BCUT2D eigenvalue weighted by Gasteiger charge is 2.08. The first kappa shape index (κ1) is 12.5. The molecule has 0 saturated heterocycles. The molecule has 16 heavy (non-hydrogen) atoms. The zero-order valence-corrected chi connectivity index (χ0v) is 9.91. The van der Waals surface area contributed by atoms with Crippen LogP contribution >= 0.6 is 11.6 Å². The van der Waals surface area contributed by atoms with Gasteiger partial charge >= 0.3 is 0 Å². The zero-order valence-electron chi connectivity index (χ0n) is 9.16. The molecule has 86 valence electrons. The lowest BCUT2D eigenvalue weighted by molar-refractivity contribution is -0.131. The Balaban J connectivity index is 2.52. The number of hydrogen-bond acceptors (Lipinski definition) is 2. The topological polar surface area (TPSA) is 49.4 Å². The molecule has 5 heteroatoms. The third-order valence-electron chi connectivity index (χ3n) is 2.05. The molecule has 1 rings (SSSR count). The van der Waals surface area contributed by atoms with Crippen molar-refractivity contribution in [2.24, 2.45) is 0 Å². The van der Waals surface area contributed by atoms with Gasteiger partial charge in [-0.3, -0.25) is 9.59 Å². The third-order valence-corrected chi connectivity index (χ3v) is 2.30. The standard InChI is InChI=1S/C11H13ClN2O2/c1-8(15)14(2)7-11(16)13-10-5-3-9(12)4-6-10/h3-6H,7H2,1-2H3,(H,13,16). The Labute approximate surface area is 99.2 Å². The molecule has 0 saturated carbocycles. The summed E-state index contributed by atoms with van der Waals surface area (Å²) in [6.07, 6.45) is 0. The second kappa shape index (κ2) is 5.51. The largest absolute Gasteiger partial charge is 0.337 e. The highest BCUT2D eigenvalue weighted by Crippen LogP contribution is 2.13. The van der Waals surface area contributed by atoms with Gasteiger partial charge in [-0.05, 0) is 24.3 Å². The van der Waals surface area contributed by atoms with Crippen molar-refractivity contribution in [1.29, 1.82) is 0 Å². The molecule has 0 spiro atoms. The molecular formula is C11H13ClN2O2. The molecule has 0 fully saturated rings. The Hall–Kier alpha value is -1.55. The summed E-state index contributed by atoms with van der Waals surface area (Å²) in [5.41, 5.74) is 0.659. The molecule has 2 amide bonds. The molecule has 0 unspecified atom stereocenters. The van der Waals surface area contributed by atoms with E-state index in [2.05, 4.69) is 5.32 Å². The van der Waals surface area contributed by atoms with Gasteiger partial charge in [-0.25, -0.2) is 0 Å². The van der Waals surface area contributed by atoms with Crippen LogP contribution in [0.5, 0.6) is 0 Å². The molecule has 1 aromatic rings. The van der Waals surface area contributed by atoms with Crippen molar-refractivity contribution in [3.63, 3.8) is 0 Å². The maximum Gasteiger partial charge on any atom is 0.243 e. The number of rotatable bonds is 3. The lowest BCUT2D eigenvalue weighted by Crippen LogP contribution is -2.33.